The Labute approximate surface area is 182 Å². The second-order valence-corrected chi connectivity index (χ2v) is 8.57. The van der Waals surface area contributed by atoms with Gasteiger partial charge < -0.3 is 14.2 Å². The van der Waals surface area contributed by atoms with E-state index in [0.717, 1.165) is 9.87 Å². The van der Waals surface area contributed by atoms with Crippen LogP contribution in [0.3, 0.4) is 0 Å². The smallest absolute Gasteiger partial charge is 0.255 e. The van der Waals surface area contributed by atoms with Crippen LogP contribution in [0.2, 0.25) is 0 Å². The Hall–Kier alpha value is -3.11. The molecule has 2 rings (SSSR count). The average molecular weight is 450 g/mol. The van der Waals surface area contributed by atoms with Gasteiger partial charge in [-0.1, -0.05) is 6.07 Å². The van der Waals surface area contributed by atoms with Crippen molar-refractivity contribution in [1.82, 2.24) is 9.73 Å². The zero-order valence-corrected chi connectivity index (χ0v) is 19.0. The second-order valence-electron chi connectivity index (χ2n) is 6.55. The molecule has 9 nitrogen and oxygen atoms in total. The van der Waals surface area contributed by atoms with Crippen LogP contribution in [0.15, 0.2) is 46.4 Å². The quantitative estimate of drug-likeness (QED) is 0.440. The molecule has 0 saturated carbocycles. The number of ether oxygens (including phenoxy) is 3. The van der Waals surface area contributed by atoms with Gasteiger partial charge in [-0.2, -0.15) is 9.41 Å². The first kappa shape index (κ1) is 24.2. The Morgan fingerprint density at radius 2 is 1.77 bits per heavy atom. The summed E-state index contributed by atoms with van der Waals surface area (Å²) in [4.78, 5) is 12.2. The maximum absolute atomic E-state index is 12.9. The topological polar surface area (TPSA) is 107 Å². The lowest BCUT2D eigenvalue weighted by Gasteiger charge is -2.18. The molecule has 0 radical (unpaired) electrons. The molecule has 0 saturated heterocycles. The number of hydrogen-bond donors (Lipinski definition) is 1. The summed E-state index contributed by atoms with van der Waals surface area (Å²) >= 11 is 0. The molecule has 0 aliphatic rings. The number of rotatable bonds is 10. The van der Waals surface area contributed by atoms with E-state index in [9.17, 15) is 13.2 Å². The number of likely N-dealkylation sites (N-methyl/N-ethyl adjacent to an activating group) is 1. The van der Waals surface area contributed by atoms with Crippen LogP contribution in [0.4, 0.5) is 0 Å². The first-order chi connectivity index (χ1) is 14.7. The molecule has 0 bridgehead atoms. The number of benzene rings is 2. The summed E-state index contributed by atoms with van der Waals surface area (Å²) in [6, 6.07) is 10.0. The highest BCUT2D eigenvalue weighted by Gasteiger charge is 2.26. The van der Waals surface area contributed by atoms with E-state index < -0.39 is 22.5 Å². The molecule has 168 valence electrons. The van der Waals surface area contributed by atoms with E-state index >= 15 is 0 Å². The number of nitrogens with zero attached hydrogens (tertiary/aromatic N) is 2. The number of sulfonamides is 1. The minimum Gasteiger partial charge on any atom is -0.495 e. The van der Waals surface area contributed by atoms with Crippen LogP contribution in [0, 0.1) is 6.92 Å². The van der Waals surface area contributed by atoms with Crippen LogP contribution in [0.5, 0.6) is 17.2 Å². The molecule has 0 spiro atoms. The van der Waals surface area contributed by atoms with Crippen LogP contribution < -0.4 is 19.6 Å². The summed E-state index contributed by atoms with van der Waals surface area (Å²) in [6.45, 7) is 3.74. The van der Waals surface area contributed by atoms with Crippen LogP contribution in [-0.4, -0.2) is 59.3 Å². The normalized spacial score (nSPS) is 11.5. The highest BCUT2D eigenvalue weighted by Crippen LogP contribution is 2.28. The van der Waals surface area contributed by atoms with E-state index in [1.807, 2.05) is 6.92 Å². The largest absolute Gasteiger partial charge is 0.495 e. The van der Waals surface area contributed by atoms with E-state index in [1.54, 1.807) is 37.3 Å². The number of methoxy groups -OCH3 is 2. The molecule has 0 aromatic heterocycles. The molecule has 0 aliphatic carbocycles. The highest BCUT2D eigenvalue weighted by molar-refractivity contribution is 7.89. The van der Waals surface area contributed by atoms with Crippen molar-refractivity contribution in [3.8, 4) is 17.2 Å². The lowest BCUT2D eigenvalue weighted by Crippen LogP contribution is -2.36. The third-order valence-electron chi connectivity index (χ3n) is 4.26. The predicted octanol–water partition coefficient (Wildman–Crippen LogP) is 2.18. The van der Waals surface area contributed by atoms with Gasteiger partial charge in [0.05, 0.1) is 33.6 Å². The minimum absolute atomic E-state index is 0.00437. The van der Waals surface area contributed by atoms with Crippen molar-refractivity contribution in [2.75, 3.05) is 34.4 Å². The monoisotopic (exact) mass is 449 g/mol. The van der Waals surface area contributed by atoms with Crippen molar-refractivity contribution < 1.29 is 27.4 Å². The molecule has 0 atom stereocenters. The summed E-state index contributed by atoms with van der Waals surface area (Å²) in [6.07, 6.45) is 1.42. The van der Waals surface area contributed by atoms with Crippen LogP contribution in [0.1, 0.15) is 18.1 Å². The standard InChI is InChI=1S/C21H27N3O6S/c1-6-30-17-10-8-16(12-19(17)29-5)13-22-23-21(25)14-24(3)31(26,27)20-11-15(2)7-9-18(20)28-4/h7-13H,6,14H2,1-5H3,(H,23,25)/b22-13+. The van der Waals surface area contributed by atoms with Crippen LogP contribution in [-0.2, 0) is 14.8 Å². The Balaban J connectivity index is 2.05. The fourth-order valence-corrected chi connectivity index (χ4v) is 4.06. The molecular formula is C21H27N3O6S. The van der Waals surface area contributed by atoms with Gasteiger partial charge in [0.15, 0.2) is 11.5 Å². The van der Waals surface area contributed by atoms with Gasteiger partial charge in [-0.05, 0) is 55.3 Å². The van der Waals surface area contributed by atoms with Crippen molar-refractivity contribution in [2.45, 2.75) is 18.7 Å². The minimum atomic E-state index is -3.93. The van der Waals surface area contributed by atoms with Gasteiger partial charge in [0, 0.05) is 7.05 Å². The number of hydrogen-bond acceptors (Lipinski definition) is 7. The molecule has 1 amide bonds. The molecule has 10 heteroatoms. The van der Waals surface area contributed by atoms with Gasteiger partial charge in [-0.25, -0.2) is 13.8 Å². The Morgan fingerprint density at radius 3 is 2.42 bits per heavy atom. The van der Waals surface area contributed by atoms with Crippen molar-refractivity contribution in [1.29, 1.82) is 0 Å². The molecule has 0 aliphatic heterocycles. The zero-order valence-electron chi connectivity index (χ0n) is 18.2. The van der Waals surface area contributed by atoms with Crippen molar-refractivity contribution in [2.24, 2.45) is 5.10 Å². The molecule has 0 fully saturated rings. The molecule has 0 heterocycles. The van der Waals surface area contributed by atoms with Crippen LogP contribution in [0.25, 0.3) is 0 Å². The van der Waals surface area contributed by atoms with Gasteiger partial charge in [-0.15, -0.1) is 0 Å². The van der Waals surface area contributed by atoms with Gasteiger partial charge in [0.2, 0.25) is 10.0 Å². The Bertz CT molecular complexity index is 1050. The van der Waals surface area contributed by atoms with E-state index in [4.69, 9.17) is 14.2 Å². The van der Waals surface area contributed by atoms with Gasteiger partial charge in [-0.3, -0.25) is 4.79 Å². The SMILES string of the molecule is CCOc1ccc(/C=N/NC(=O)CN(C)S(=O)(=O)c2cc(C)ccc2OC)cc1OC. The van der Waals surface area contributed by atoms with Crippen molar-refractivity contribution in [3.63, 3.8) is 0 Å². The summed E-state index contributed by atoms with van der Waals surface area (Å²) in [7, 11) is 0.304. The Morgan fingerprint density at radius 1 is 1.10 bits per heavy atom. The molecular weight excluding hydrogens is 422 g/mol. The summed E-state index contributed by atoms with van der Waals surface area (Å²) in [5.41, 5.74) is 3.75. The number of carbonyl (C=O) groups is 1. The van der Waals surface area contributed by atoms with E-state index in [1.165, 1.54) is 33.5 Å². The molecule has 2 aromatic carbocycles. The van der Waals surface area contributed by atoms with Crippen molar-refractivity contribution in [3.05, 3.63) is 47.5 Å². The first-order valence-electron chi connectivity index (χ1n) is 9.46. The maximum atomic E-state index is 12.9. The molecule has 1 N–H and O–H groups in total. The summed E-state index contributed by atoms with van der Waals surface area (Å²) in [5, 5.41) is 3.88. The second kappa shape index (κ2) is 10.8. The predicted molar refractivity (Wildman–Crippen MR) is 117 cm³/mol. The lowest BCUT2D eigenvalue weighted by molar-refractivity contribution is -0.121. The number of nitrogens with one attached hydrogen (secondary N) is 1. The number of aryl methyl sites for hydroxylation is 1. The fraction of sp³-hybridized carbons (Fsp3) is 0.333. The highest BCUT2D eigenvalue weighted by atomic mass is 32.2. The van der Waals surface area contributed by atoms with E-state index in [0.29, 0.717) is 23.7 Å². The van der Waals surface area contributed by atoms with Gasteiger partial charge >= 0.3 is 0 Å². The lowest BCUT2D eigenvalue weighted by atomic mass is 10.2. The molecule has 31 heavy (non-hydrogen) atoms. The van der Waals surface area contributed by atoms with E-state index in [-0.39, 0.29) is 10.6 Å². The third kappa shape index (κ3) is 6.19. The molecule has 2 aromatic rings. The van der Waals surface area contributed by atoms with Gasteiger partial charge in [0.25, 0.3) is 5.91 Å². The maximum Gasteiger partial charge on any atom is 0.255 e. The van der Waals surface area contributed by atoms with Crippen molar-refractivity contribution >= 4 is 22.1 Å². The van der Waals surface area contributed by atoms with E-state index in [2.05, 4.69) is 10.5 Å². The summed E-state index contributed by atoms with van der Waals surface area (Å²) < 4.78 is 42.5. The van der Waals surface area contributed by atoms with Crippen LogP contribution >= 0.6 is 0 Å². The molecule has 0 unspecified atom stereocenters. The third-order valence-corrected chi connectivity index (χ3v) is 6.09. The summed E-state index contributed by atoms with van der Waals surface area (Å²) in [5.74, 6) is 0.756. The average Bonchev–Trinajstić information content (AvgIpc) is 2.74. The number of amides is 1. The first-order valence-corrected chi connectivity index (χ1v) is 10.9. The zero-order chi connectivity index (χ0) is 23.0. The number of hydrazone groups is 1. The number of carbonyl (C=O) groups excluding carboxylic acids is 1. The van der Waals surface area contributed by atoms with Gasteiger partial charge in [0.1, 0.15) is 10.6 Å². The Kier molecular flexibility index (Phi) is 8.40. The fourth-order valence-electron chi connectivity index (χ4n) is 2.69.